The van der Waals surface area contributed by atoms with Gasteiger partial charge in [0.15, 0.2) is 17.5 Å². The molecule has 4 aromatic heterocycles. The van der Waals surface area contributed by atoms with Crippen molar-refractivity contribution in [1.82, 2.24) is 19.5 Å². The van der Waals surface area contributed by atoms with E-state index >= 15 is 0 Å². The maximum absolute atomic E-state index is 6.80. The second-order valence-electron chi connectivity index (χ2n) is 16.4. The van der Waals surface area contributed by atoms with Crippen molar-refractivity contribution >= 4 is 98.0 Å². The molecule has 0 saturated heterocycles. The van der Waals surface area contributed by atoms with Crippen LogP contribution in [0.15, 0.2) is 203 Å². The summed E-state index contributed by atoms with van der Waals surface area (Å²) < 4.78 is 15.6. The summed E-state index contributed by atoms with van der Waals surface area (Å²) in [4.78, 5) is 16.1. The number of fused-ring (bicyclic) bond motifs is 12. The lowest BCUT2D eigenvalue weighted by molar-refractivity contribution is 0.669. The van der Waals surface area contributed by atoms with Crippen molar-refractivity contribution in [1.29, 1.82) is 0 Å². The molecule has 6 heteroatoms. The first-order chi connectivity index (χ1) is 31.2. The van der Waals surface area contributed by atoms with Crippen molar-refractivity contribution < 1.29 is 8.83 Å². The third kappa shape index (κ3) is 5.15. The minimum atomic E-state index is 0.539. The fraction of sp³-hybridized carbons (Fsp3) is 0. The van der Waals surface area contributed by atoms with Crippen molar-refractivity contribution in [2.75, 3.05) is 0 Å². The van der Waals surface area contributed by atoms with Gasteiger partial charge in [0.2, 0.25) is 0 Å². The predicted molar refractivity (Wildman–Crippen MR) is 258 cm³/mol. The Bertz CT molecular complexity index is 4120. The topological polar surface area (TPSA) is 69.9 Å². The van der Waals surface area contributed by atoms with Crippen molar-refractivity contribution in [3.63, 3.8) is 0 Å². The van der Waals surface area contributed by atoms with Crippen molar-refractivity contribution in [2.45, 2.75) is 0 Å². The van der Waals surface area contributed by atoms with Gasteiger partial charge in [0.1, 0.15) is 22.3 Å². The van der Waals surface area contributed by atoms with Gasteiger partial charge >= 0.3 is 0 Å². The van der Waals surface area contributed by atoms with E-state index in [-0.39, 0.29) is 0 Å². The molecule has 0 N–H and O–H groups in total. The first-order valence-electron chi connectivity index (χ1n) is 21.2. The number of hydrogen-bond acceptors (Lipinski definition) is 5. The molecule has 0 aliphatic heterocycles. The number of nitrogens with zero attached hydrogens (tertiary/aromatic N) is 4. The summed E-state index contributed by atoms with van der Waals surface area (Å²) in [6.45, 7) is 0. The van der Waals surface area contributed by atoms with Crippen LogP contribution in [0.4, 0.5) is 0 Å². The Balaban J connectivity index is 1.14. The highest BCUT2D eigenvalue weighted by Gasteiger charge is 2.25. The van der Waals surface area contributed by atoms with Crippen LogP contribution >= 0.6 is 0 Å². The van der Waals surface area contributed by atoms with E-state index in [1.807, 2.05) is 42.5 Å². The lowest BCUT2D eigenvalue weighted by atomic mass is 10.0. The number of benzene rings is 10. The van der Waals surface area contributed by atoms with Crippen LogP contribution in [-0.2, 0) is 0 Å². The zero-order valence-corrected chi connectivity index (χ0v) is 33.6. The fourth-order valence-electron chi connectivity index (χ4n) is 9.80. The molecular weight excluding hydrogens is 773 g/mol. The molecule has 0 amide bonds. The van der Waals surface area contributed by atoms with Gasteiger partial charge in [0, 0.05) is 43.4 Å². The summed E-state index contributed by atoms with van der Waals surface area (Å²) in [5.74, 6) is 1.65. The van der Waals surface area contributed by atoms with Gasteiger partial charge in [-0.15, -0.1) is 0 Å². The minimum absolute atomic E-state index is 0.539. The molecule has 0 spiro atoms. The fourth-order valence-corrected chi connectivity index (χ4v) is 9.80. The van der Waals surface area contributed by atoms with Crippen LogP contribution in [0.5, 0.6) is 0 Å². The molecule has 0 radical (unpaired) electrons. The SMILES string of the molecule is c1ccc(-c2nc(-c3ccc4c(c3)oc3ccccc34)nc(-c3c(-n4c5cc6ccccc6cc5c5cc6ccccc6cc54)ccc4oc5cc6ccccc6cc5c34)n2)cc1. The summed E-state index contributed by atoms with van der Waals surface area (Å²) in [6.07, 6.45) is 0. The highest BCUT2D eigenvalue weighted by atomic mass is 16.3. The van der Waals surface area contributed by atoms with E-state index < -0.39 is 0 Å². The molecule has 14 aromatic rings. The van der Waals surface area contributed by atoms with Gasteiger partial charge in [0.25, 0.3) is 0 Å². The molecule has 0 atom stereocenters. The number of para-hydroxylation sites is 1. The molecule has 0 unspecified atom stereocenters. The highest BCUT2D eigenvalue weighted by molar-refractivity contribution is 6.20. The molecule has 0 aliphatic carbocycles. The summed E-state index contributed by atoms with van der Waals surface area (Å²) in [5.41, 5.74) is 8.85. The average Bonchev–Trinajstić information content (AvgIpc) is 3.99. The van der Waals surface area contributed by atoms with Gasteiger partial charge in [-0.25, -0.2) is 15.0 Å². The van der Waals surface area contributed by atoms with Crippen LogP contribution in [0, 0.1) is 0 Å². The predicted octanol–water partition coefficient (Wildman–Crippen LogP) is 15.2. The van der Waals surface area contributed by atoms with Crippen LogP contribution in [0.3, 0.4) is 0 Å². The maximum atomic E-state index is 6.80. The van der Waals surface area contributed by atoms with E-state index in [1.54, 1.807) is 0 Å². The largest absolute Gasteiger partial charge is 0.456 e. The molecule has 0 aliphatic rings. The van der Waals surface area contributed by atoms with Crippen LogP contribution in [0.2, 0.25) is 0 Å². The number of rotatable bonds is 4. The Morgan fingerprint density at radius 2 is 0.825 bits per heavy atom. The van der Waals surface area contributed by atoms with Gasteiger partial charge in [-0.05, 0) is 99.0 Å². The van der Waals surface area contributed by atoms with E-state index in [2.05, 4.69) is 156 Å². The summed E-state index contributed by atoms with van der Waals surface area (Å²) in [5, 5.41) is 13.3. The van der Waals surface area contributed by atoms with E-state index in [1.165, 1.54) is 21.5 Å². The smallest absolute Gasteiger partial charge is 0.166 e. The molecule has 0 bridgehead atoms. The zero-order chi connectivity index (χ0) is 41.2. The molecule has 4 heterocycles. The maximum Gasteiger partial charge on any atom is 0.166 e. The van der Waals surface area contributed by atoms with E-state index in [0.717, 1.165) is 98.8 Å². The molecule has 63 heavy (non-hydrogen) atoms. The molecule has 10 aromatic carbocycles. The second-order valence-corrected chi connectivity index (χ2v) is 16.4. The van der Waals surface area contributed by atoms with Gasteiger partial charge in [-0.3, -0.25) is 0 Å². The monoisotopic (exact) mass is 804 g/mol. The number of furan rings is 2. The van der Waals surface area contributed by atoms with Crippen LogP contribution in [-0.4, -0.2) is 19.5 Å². The van der Waals surface area contributed by atoms with Crippen molar-refractivity contribution in [3.05, 3.63) is 194 Å². The summed E-state index contributed by atoms with van der Waals surface area (Å²) in [7, 11) is 0. The Labute approximate surface area is 358 Å². The van der Waals surface area contributed by atoms with Crippen LogP contribution < -0.4 is 0 Å². The molecule has 0 saturated carbocycles. The Kier molecular flexibility index (Phi) is 7.02. The minimum Gasteiger partial charge on any atom is -0.456 e. The van der Waals surface area contributed by atoms with Gasteiger partial charge in [0.05, 0.1) is 22.3 Å². The molecule has 292 valence electrons. The van der Waals surface area contributed by atoms with E-state index in [4.69, 9.17) is 23.8 Å². The zero-order valence-electron chi connectivity index (χ0n) is 33.6. The second kappa shape index (κ2) is 12.9. The number of hydrogen-bond donors (Lipinski definition) is 0. The summed E-state index contributed by atoms with van der Waals surface area (Å²) >= 11 is 0. The van der Waals surface area contributed by atoms with E-state index in [9.17, 15) is 0 Å². The van der Waals surface area contributed by atoms with Gasteiger partial charge in [-0.2, -0.15) is 0 Å². The average molecular weight is 805 g/mol. The van der Waals surface area contributed by atoms with Crippen LogP contribution in [0.25, 0.3) is 138 Å². The Morgan fingerprint density at radius 3 is 1.51 bits per heavy atom. The van der Waals surface area contributed by atoms with Crippen LogP contribution in [0.1, 0.15) is 0 Å². The molecular formula is C57H32N4O2. The van der Waals surface area contributed by atoms with Gasteiger partial charge < -0.3 is 13.4 Å². The first-order valence-corrected chi connectivity index (χ1v) is 21.2. The van der Waals surface area contributed by atoms with Gasteiger partial charge in [-0.1, -0.05) is 127 Å². The standard InChI is InChI=1S/C57H32N4O2/c1-2-12-33(13-3-1)55-58-56(40-22-23-42-41-20-10-11-21-49(41)62-51(42)32-40)60-57(59-55)54-46(24-25-50-53(54)45-28-36-16-6-9-19-39(36)31-52(45)63-50)61-47-29-37-17-7-4-14-34(37)26-43(47)44-27-35-15-5-8-18-38(35)30-48(44)61/h1-32H. The normalized spacial score (nSPS) is 12.1. The third-order valence-electron chi connectivity index (χ3n) is 12.8. The molecule has 0 fully saturated rings. The lowest BCUT2D eigenvalue weighted by Gasteiger charge is -2.16. The first kappa shape index (κ1) is 34.1. The number of aromatic nitrogens is 4. The van der Waals surface area contributed by atoms with Crippen molar-refractivity contribution in [2.24, 2.45) is 0 Å². The quantitative estimate of drug-likeness (QED) is 0.177. The Morgan fingerprint density at radius 1 is 0.317 bits per heavy atom. The third-order valence-corrected chi connectivity index (χ3v) is 12.8. The van der Waals surface area contributed by atoms with E-state index in [0.29, 0.717) is 17.5 Å². The molecule has 14 rings (SSSR count). The van der Waals surface area contributed by atoms with Crippen molar-refractivity contribution in [3.8, 4) is 39.9 Å². The summed E-state index contributed by atoms with van der Waals surface area (Å²) in [6, 6.07) is 68.1. The lowest BCUT2D eigenvalue weighted by Crippen LogP contribution is -2.04. The highest BCUT2D eigenvalue weighted by Crippen LogP contribution is 2.45. The Hall–Kier alpha value is -8.61. The molecule has 6 nitrogen and oxygen atoms in total.